The van der Waals surface area contributed by atoms with Gasteiger partial charge in [-0.05, 0) is 43.0 Å². The summed E-state index contributed by atoms with van der Waals surface area (Å²) >= 11 is 0.944. The second kappa shape index (κ2) is 5.83. The van der Waals surface area contributed by atoms with Crippen LogP contribution in [0.15, 0.2) is 16.3 Å². The molecule has 0 unspecified atom stereocenters. The lowest BCUT2D eigenvalue weighted by Gasteiger charge is -2.32. The molecule has 0 atom stereocenters. The minimum absolute atomic E-state index is 0.0299. The van der Waals surface area contributed by atoms with Crippen molar-refractivity contribution in [3.05, 3.63) is 16.3 Å². The normalized spacial score (nSPS) is 23.9. The Balaban J connectivity index is 2.25. The second-order valence-electron chi connectivity index (χ2n) is 5.35. The Morgan fingerprint density at radius 3 is 2.50 bits per heavy atom. The van der Waals surface area contributed by atoms with Crippen LogP contribution in [0.2, 0.25) is 0 Å². The van der Waals surface area contributed by atoms with Crippen LogP contribution in [-0.2, 0) is 10.0 Å². The Morgan fingerprint density at radius 1 is 1.35 bits per heavy atom. The van der Waals surface area contributed by atoms with Gasteiger partial charge < -0.3 is 5.11 Å². The van der Waals surface area contributed by atoms with E-state index >= 15 is 0 Å². The van der Waals surface area contributed by atoms with Crippen LogP contribution in [0, 0.1) is 5.92 Å². The molecule has 1 aromatic heterocycles. The molecular formula is C13H19NO4S2. The fraction of sp³-hybridized carbons (Fsp3) is 0.615. The van der Waals surface area contributed by atoms with Gasteiger partial charge in [-0.1, -0.05) is 6.92 Å². The number of aromatic carboxylic acids is 1. The maximum absolute atomic E-state index is 12.6. The molecule has 0 radical (unpaired) electrons. The Bertz CT molecular complexity index is 585. The molecule has 7 heteroatoms. The number of carboxylic acid groups (broad SMARTS) is 1. The number of thiophene rings is 1. The average Bonchev–Trinajstić information content (AvgIpc) is 2.89. The molecule has 0 spiro atoms. The number of carbonyl (C=O) groups is 1. The molecule has 112 valence electrons. The Hall–Kier alpha value is -0.920. The minimum atomic E-state index is -3.73. The number of rotatable bonds is 4. The SMILES string of the molecule is CC1CCC(N(C)S(=O)(=O)c2ccsc2C(=O)O)CC1. The first kappa shape index (κ1) is 15.5. The van der Waals surface area contributed by atoms with E-state index in [9.17, 15) is 13.2 Å². The van der Waals surface area contributed by atoms with E-state index in [0.717, 1.165) is 37.0 Å². The molecule has 0 bridgehead atoms. The zero-order valence-electron chi connectivity index (χ0n) is 11.6. The second-order valence-corrected chi connectivity index (χ2v) is 8.24. The van der Waals surface area contributed by atoms with E-state index in [4.69, 9.17) is 5.11 Å². The van der Waals surface area contributed by atoms with Gasteiger partial charge in [0.15, 0.2) is 0 Å². The van der Waals surface area contributed by atoms with Crippen molar-refractivity contribution in [3.8, 4) is 0 Å². The summed E-state index contributed by atoms with van der Waals surface area (Å²) in [5.41, 5.74) is 0. The van der Waals surface area contributed by atoms with Gasteiger partial charge in [-0.2, -0.15) is 4.31 Å². The van der Waals surface area contributed by atoms with E-state index < -0.39 is 16.0 Å². The summed E-state index contributed by atoms with van der Waals surface area (Å²) in [5, 5.41) is 10.6. The fourth-order valence-corrected chi connectivity index (χ4v) is 5.26. The maximum Gasteiger partial charge on any atom is 0.347 e. The minimum Gasteiger partial charge on any atom is -0.477 e. The highest BCUT2D eigenvalue weighted by molar-refractivity contribution is 7.89. The fourth-order valence-electron chi connectivity index (χ4n) is 2.61. The topological polar surface area (TPSA) is 74.7 Å². The molecule has 5 nitrogen and oxygen atoms in total. The highest BCUT2D eigenvalue weighted by Crippen LogP contribution is 2.31. The Labute approximate surface area is 123 Å². The highest BCUT2D eigenvalue weighted by atomic mass is 32.2. The largest absolute Gasteiger partial charge is 0.477 e. The summed E-state index contributed by atoms with van der Waals surface area (Å²) < 4.78 is 26.5. The number of carboxylic acids is 1. The van der Waals surface area contributed by atoms with Crippen molar-refractivity contribution < 1.29 is 18.3 Å². The number of hydrogen-bond donors (Lipinski definition) is 1. The van der Waals surface area contributed by atoms with Crippen LogP contribution in [0.1, 0.15) is 42.3 Å². The summed E-state index contributed by atoms with van der Waals surface area (Å²) in [4.78, 5) is 10.9. The van der Waals surface area contributed by atoms with E-state index in [2.05, 4.69) is 6.92 Å². The lowest BCUT2D eigenvalue weighted by atomic mass is 9.87. The molecule has 0 aliphatic heterocycles. The Kier molecular flexibility index (Phi) is 4.51. The van der Waals surface area contributed by atoms with Crippen LogP contribution in [0.25, 0.3) is 0 Å². The van der Waals surface area contributed by atoms with Crippen LogP contribution in [0.4, 0.5) is 0 Å². The quantitative estimate of drug-likeness (QED) is 0.926. The smallest absolute Gasteiger partial charge is 0.347 e. The summed E-state index contributed by atoms with van der Waals surface area (Å²) in [6, 6.07) is 1.35. The van der Waals surface area contributed by atoms with Crippen molar-refractivity contribution in [1.29, 1.82) is 0 Å². The number of hydrogen-bond acceptors (Lipinski definition) is 4. The van der Waals surface area contributed by atoms with Gasteiger partial charge in [0.05, 0.1) is 0 Å². The van der Waals surface area contributed by atoms with Gasteiger partial charge in [0.2, 0.25) is 10.0 Å². The summed E-state index contributed by atoms with van der Waals surface area (Å²) in [6.45, 7) is 2.17. The molecule has 0 saturated heterocycles. The maximum atomic E-state index is 12.6. The van der Waals surface area contributed by atoms with E-state index in [1.165, 1.54) is 15.8 Å². The molecule has 2 rings (SSSR count). The van der Waals surface area contributed by atoms with Crippen molar-refractivity contribution in [1.82, 2.24) is 4.31 Å². The van der Waals surface area contributed by atoms with Gasteiger partial charge in [0.1, 0.15) is 9.77 Å². The van der Waals surface area contributed by atoms with Crippen molar-refractivity contribution in [2.24, 2.45) is 5.92 Å². The van der Waals surface area contributed by atoms with Crippen molar-refractivity contribution in [2.75, 3.05) is 7.05 Å². The average molecular weight is 317 g/mol. The number of nitrogens with zero attached hydrogens (tertiary/aromatic N) is 1. The molecule has 1 N–H and O–H groups in total. The van der Waals surface area contributed by atoms with Gasteiger partial charge in [-0.25, -0.2) is 13.2 Å². The van der Waals surface area contributed by atoms with Gasteiger partial charge in [0.25, 0.3) is 0 Å². The standard InChI is InChI=1S/C13H19NO4S2/c1-9-3-5-10(6-4-9)14(2)20(17,18)11-7-8-19-12(11)13(15)16/h7-10H,3-6H2,1-2H3,(H,15,16). The Morgan fingerprint density at radius 2 is 1.95 bits per heavy atom. The van der Waals surface area contributed by atoms with Crippen LogP contribution in [-0.4, -0.2) is 36.9 Å². The lowest BCUT2D eigenvalue weighted by molar-refractivity contribution is 0.0698. The lowest BCUT2D eigenvalue weighted by Crippen LogP contribution is -2.39. The highest BCUT2D eigenvalue weighted by Gasteiger charge is 2.33. The molecule has 1 aliphatic rings. The third kappa shape index (κ3) is 2.89. The van der Waals surface area contributed by atoms with Crippen LogP contribution >= 0.6 is 11.3 Å². The first-order valence-corrected chi connectivity index (χ1v) is 8.95. The molecule has 1 fully saturated rings. The van der Waals surface area contributed by atoms with Gasteiger partial charge in [-0.3, -0.25) is 0 Å². The van der Waals surface area contributed by atoms with Crippen LogP contribution < -0.4 is 0 Å². The molecule has 0 aromatic carbocycles. The summed E-state index contributed by atoms with van der Waals surface area (Å²) in [6.07, 6.45) is 3.70. The molecule has 1 saturated carbocycles. The molecule has 0 amide bonds. The van der Waals surface area contributed by atoms with Crippen molar-refractivity contribution >= 4 is 27.3 Å². The molecular weight excluding hydrogens is 298 g/mol. The monoisotopic (exact) mass is 317 g/mol. The zero-order valence-corrected chi connectivity index (χ0v) is 13.2. The third-order valence-corrected chi connectivity index (χ3v) is 6.96. The summed E-state index contributed by atoms with van der Waals surface area (Å²) in [7, 11) is -2.17. The third-order valence-electron chi connectivity index (χ3n) is 3.98. The van der Waals surface area contributed by atoms with E-state index in [1.54, 1.807) is 7.05 Å². The molecule has 20 heavy (non-hydrogen) atoms. The van der Waals surface area contributed by atoms with Crippen LogP contribution in [0.5, 0.6) is 0 Å². The zero-order chi connectivity index (χ0) is 14.9. The van der Waals surface area contributed by atoms with Gasteiger partial charge in [-0.15, -0.1) is 11.3 Å². The van der Waals surface area contributed by atoms with Gasteiger partial charge in [0, 0.05) is 13.1 Å². The van der Waals surface area contributed by atoms with E-state index in [-0.39, 0.29) is 15.8 Å². The van der Waals surface area contributed by atoms with Gasteiger partial charge >= 0.3 is 5.97 Å². The van der Waals surface area contributed by atoms with Crippen molar-refractivity contribution in [3.63, 3.8) is 0 Å². The molecule has 1 aliphatic carbocycles. The van der Waals surface area contributed by atoms with Crippen molar-refractivity contribution in [2.45, 2.75) is 43.5 Å². The molecule has 1 heterocycles. The predicted molar refractivity (Wildman–Crippen MR) is 77.6 cm³/mol. The van der Waals surface area contributed by atoms with Crippen LogP contribution in [0.3, 0.4) is 0 Å². The summed E-state index contributed by atoms with van der Waals surface area (Å²) in [5.74, 6) is -0.553. The van der Waals surface area contributed by atoms with E-state index in [0.29, 0.717) is 5.92 Å². The molecule has 1 aromatic rings. The first-order chi connectivity index (χ1) is 9.34. The number of sulfonamides is 1. The first-order valence-electron chi connectivity index (χ1n) is 6.63. The van der Waals surface area contributed by atoms with E-state index in [1.807, 2.05) is 0 Å². The predicted octanol–water partition coefficient (Wildman–Crippen LogP) is 2.65.